The van der Waals surface area contributed by atoms with Crippen molar-refractivity contribution >= 4 is 0 Å². The van der Waals surface area contributed by atoms with Crippen LogP contribution < -0.4 is 0 Å². The Morgan fingerprint density at radius 1 is 1.71 bits per heavy atom. The molecule has 0 bridgehead atoms. The zero-order chi connectivity index (χ0) is 5.70. The van der Waals surface area contributed by atoms with E-state index in [1.54, 1.807) is 14.1 Å². The van der Waals surface area contributed by atoms with Gasteiger partial charge < -0.3 is 0 Å². The molecule has 0 rings (SSSR count). The Balaban J connectivity index is 3.17. The first-order chi connectivity index (χ1) is 3.31. The maximum atomic E-state index is 4.86. The van der Waals surface area contributed by atoms with Crippen molar-refractivity contribution in [2.24, 2.45) is 5.11 Å². The number of hydroxylamine groups is 1. The molecule has 0 fully saturated rings. The maximum absolute atomic E-state index is 4.86. The Morgan fingerprint density at radius 3 is 2.43 bits per heavy atom. The molecular weight excluding hydrogens is 92.1 g/mol. The Bertz CT molecular complexity index is 70.1. The first-order valence-corrected chi connectivity index (χ1v) is 2.27. The molecule has 0 saturated heterocycles. The lowest BCUT2D eigenvalue weighted by Gasteiger charge is -1.86. The van der Waals surface area contributed by atoms with Gasteiger partial charge in [-0.3, -0.25) is 4.84 Å². The Morgan fingerprint density at radius 2 is 2.29 bits per heavy atom. The molecule has 3 nitrogen and oxygen atoms in total. The van der Waals surface area contributed by atoms with Crippen molar-refractivity contribution in [2.45, 2.75) is 6.92 Å². The summed E-state index contributed by atoms with van der Waals surface area (Å²) in [5.41, 5.74) is 0. The Hall–Kier alpha value is -0.600. The van der Waals surface area contributed by atoms with Crippen molar-refractivity contribution < 1.29 is 9.70 Å². The normalized spacial score (nSPS) is 11.6. The first kappa shape index (κ1) is 6.40. The van der Waals surface area contributed by atoms with Crippen LogP contribution in [-0.2, 0) is 4.84 Å². The summed E-state index contributed by atoms with van der Waals surface area (Å²) in [4.78, 5) is 6.29. The van der Waals surface area contributed by atoms with Gasteiger partial charge in [0.1, 0.15) is 0 Å². The highest BCUT2D eigenvalue weighted by Crippen LogP contribution is 1.71. The molecule has 0 heterocycles. The number of rotatable bonds is 2. The summed E-state index contributed by atoms with van der Waals surface area (Å²) in [6.45, 7) is 2.59. The third kappa shape index (κ3) is 3.22. The van der Waals surface area contributed by atoms with Gasteiger partial charge in [-0.2, -0.15) is 0 Å². The van der Waals surface area contributed by atoms with Crippen LogP contribution >= 0.6 is 0 Å². The monoisotopic (exact) mass is 103 g/mol. The van der Waals surface area contributed by atoms with Crippen LogP contribution in [0.2, 0.25) is 0 Å². The molecule has 0 N–H and O–H groups in total. The van der Waals surface area contributed by atoms with E-state index in [0.29, 0.717) is 6.61 Å². The lowest BCUT2D eigenvalue weighted by atomic mass is 10.9. The van der Waals surface area contributed by atoms with Crippen LogP contribution in [0.4, 0.5) is 0 Å². The molecule has 0 atom stereocenters. The third-order valence-electron chi connectivity index (χ3n) is 0.598. The van der Waals surface area contributed by atoms with Gasteiger partial charge in [-0.15, -0.1) is 0 Å². The zero-order valence-electron chi connectivity index (χ0n) is 5.01. The molecule has 0 amide bonds. The van der Waals surface area contributed by atoms with Crippen molar-refractivity contribution in [3.8, 4) is 0 Å². The van der Waals surface area contributed by atoms with Gasteiger partial charge in [0.15, 0.2) is 6.61 Å². The van der Waals surface area contributed by atoms with Crippen molar-refractivity contribution in [2.75, 3.05) is 20.7 Å². The lowest BCUT2D eigenvalue weighted by molar-refractivity contribution is -0.815. The van der Waals surface area contributed by atoms with E-state index >= 15 is 0 Å². The van der Waals surface area contributed by atoms with Gasteiger partial charge >= 0.3 is 0 Å². The van der Waals surface area contributed by atoms with Gasteiger partial charge in [0.05, 0.1) is 11.9 Å². The molecular formula is C4H11N2O+. The van der Waals surface area contributed by atoms with Crippen molar-refractivity contribution in [3.63, 3.8) is 0 Å². The molecule has 3 heteroatoms. The van der Waals surface area contributed by atoms with Crippen LogP contribution in [0, 0.1) is 0 Å². The van der Waals surface area contributed by atoms with E-state index in [4.69, 9.17) is 4.84 Å². The second-order valence-electron chi connectivity index (χ2n) is 1.08. The van der Waals surface area contributed by atoms with E-state index in [1.807, 2.05) is 6.92 Å². The lowest BCUT2D eigenvalue weighted by Crippen LogP contribution is -2.02. The molecule has 0 aromatic rings. The van der Waals surface area contributed by atoms with E-state index in [9.17, 15) is 0 Å². The number of azo groups is 1. The molecule has 0 aromatic carbocycles. The van der Waals surface area contributed by atoms with E-state index in [-0.39, 0.29) is 0 Å². The van der Waals surface area contributed by atoms with Gasteiger partial charge in [0.25, 0.3) is 0 Å². The van der Waals surface area contributed by atoms with Crippen LogP contribution in [0.15, 0.2) is 5.11 Å². The summed E-state index contributed by atoms with van der Waals surface area (Å²) < 4.78 is 0. The van der Waals surface area contributed by atoms with E-state index in [1.165, 1.54) is 4.86 Å². The maximum Gasteiger partial charge on any atom is 0.213 e. The van der Waals surface area contributed by atoms with Crippen molar-refractivity contribution in [1.82, 2.24) is 0 Å². The number of nitrogens with zero attached hydrogens (tertiary/aromatic N) is 2. The molecule has 0 aromatic heterocycles. The molecule has 0 aliphatic heterocycles. The highest BCUT2D eigenvalue weighted by atomic mass is 16.7. The molecule has 0 spiro atoms. The van der Waals surface area contributed by atoms with Crippen LogP contribution in [0.5, 0.6) is 0 Å². The summed E-state index contributed by atoms with van der Waals surface area (Å²) in [6, 6.07) is 0. The third-order valence-corrected chi connectivity index (χ3v) is 0.598. The topological polar surface area (TPSA) is 24.6 Å². The fraction of sp³-hybridized carbons (Fsp3) is 1.00. The molecule has 0 aliphatic rings. The van der Waals surface area contributed by atoms with Crippen LogP contribution in [-0.4, -0.2) is 25.6 Å². The molecule has 0 saturated carbocycles. The molecule has 0 radical (unpaired) electrons. The number of hydrogen-bond acceptors (Lipinski definition) is 2. The molecule has 7 heavy (non-hydrogen) atoms. The Labute approximate surface area is 43.6 Å². The Kier molecular flexibility index (Phi) is 3.28. The van der Waals surface area contributed by atoms with E-state index in [0.717, 1.165) is 0 Å². The smallest absolute Gasteiger partial charge is 0.213 e. The largest absolute Gasteiger partial charge is 0.252 e. The zero-order valence-corrected chi connectivity index (χ0v) is 5.01. The van der Waals surface area contributed by atoms with E-state index in [2.05, 4.69) is 5.11 Å². The minimum absolute atomic E-state index is 0.674. The molecule has 0 aliphatic carbocycles. The summed E-state index contributed by atoms with van der Waals surface area (Å²) in [5.74, 6) is 0. The highest BCUT2D eigenvalue weighted by molar-refractivity contribution is 3.90. The quantitative estimate of drug-likeness (QED) is 0.286. The van der Waals surface area contributed by atoms with E-state index < -0.39 is 0 Å². The summed E-state index contributed by atoms with van der Waals surface area (Å²) in [7, 11) is 3.43. The predicted molar refractivity (Wildman–Crippen MR) is 26.2 cm³/mol. The minimum atomic E-state index is 0.674. The van der Waals surface area contributed by atoms with Gasteiger partial charge in [-0.1, -0.05) is 0 Å². The van der Waals surface area contributed by atoms with Gasteiger partial charge in [0, 0.05) is 5.11 Å². The second-order valence-corrected chi connectivity index (χ2v) is 1.08. The minimum Gasteiger partial charge on any atom is -0.252 e. The molecule has 42 valence electrons. The molecule has 0 unspecified atom stereocenters. The van der Waals surface area contributed by atoms with Gasteiger partial charge in [-0.05, 0) is 6.92 Å². The predicted octanol–water partition coefficient (Wildman–Crippen LogP) is 0.662. The van der Waals surface area contributed by atoms with Crippen molar-refractivity contribution in [1.29, 1.82) is 0 Å². The van der Waals surface area contributed by atoms with Crippen LogP contribution in [0.1, 0.15) is 6.92 Å². The SMILES string of the molecule is CCO[N+](C)=NC. The fourth-order valence-corrected chi connectivity index (χ4v) is 0.245. The van der Waals surface area contributed by atoms with Gasteiger partial charge in [-0.25, -0.2) is 0 Å². The first-order valence-electron chi connectivity index (χ1n) is 2.27. The van der Waals surface area contributed by atoms with Crippen LogP contribution in [0.3, 0.4) is 0 Å². The average molecular weight is 103 g/mol. The summed E-state index contributed by atoms with van der Waals surface area (Å²) in [5, 5.41) is 3.69. The highest BCUT2D eigenvalue weighted by Gasteiger charge is 1.87. The van der Waals surface area contributed by atoms with Gasteiger partial charge in [0.2, 0.25) is 7.05 Å². The number of hydrogen-bond donors (Lipinski definition) is 0. The average Bonchev–Trinajstić information content (AvgIpc) is 1.68. The second kappa shape index (κ2) is 3.59. The fourth-order valence-electron chi connectivity index (χ4n) is 0.245. The summed E-state index contributed by atoms with van der Waals surface area (Å²) >= 11 is 0. The van der Waals surface area contributed by atoms with Crippen LogP contribution in [0.25, 0.3) is 0 Å². The van der Waals surface area contributed by atoms with Crippen molar-refractivity contribution in [3.05, 3.63) is 0 Å². The standard InChI is InChI=1S/C4H11N2O/c1-4-7-6(3)5-2/h4H2,1-3H3/q+1. The summed E-state index contributed by atoms with van der Waals surface area (Å²) in [6.07, 6.45) is 0.